The predicted octanol–water partition coefficient (Wildman–Crippen LogP) is 11.2. The summed E-state index contributed by atoms with van der Waals surface area (Å²) in [7, 11) is -0.511. The zero-order chi connectivity index (χ0) is 43.3. The Morgan fingerprint density at radius 3 is 1.55 bits per heavy atom. The molecule has 0 fully saturated rings. The molecule has 10 aromatic carbocycles. The number of fused-ring (bicyclic) bond motifs is 5. The molecule has 0 amide bonds. The predicted molar refractivity (Wildman–Crippen MR) is 279 cm³/mol. The maximum Gasteiger partial charge on any atom is 0.202 e. The number of hydrogen-bond donors (Lipinski definition) is 1. The Morgan fingerprint density at radius 1 is 0.400 bits per heavy atom. The zero-order valence-corrected chi connectivity index (χ0v) is 37.4. The van der Waals surface area contributed by atoms with E-state index in [1.807, 2.05) is 6.07 Å². The molecule has 1 aliphatic rings. The second kappa shape index (κ2) is 16.2. The van der Waals surface area contributed by atoms with Crippen LogP contribution in [0, 0.1) is 0 Å². The van der Waals surface area contributed by atoms with Gasteiger partial charge in [-0.3, -0.25) is 0 Å². The molecular weight excluding hydrogens is 822 g/mol. The summed E-state index contributed by atoms with van der Waals surface area (Å²) in [6.07, 6.45) is 0. The van der Waals surface area contributed by atoms with Crippen molar-refractivity contribution in [3.63, 3.8) is 0 Å². The molecule has 5 heteroatoms. The van der Waals surface area contributed by atoms with Crippen LogP contribution in [0.15, 0.2) is 248 Å². The van der Waals surface area contributed by atoms with E-state index in [9.17, 15) is 0 Å². The van der Waals surface area contributed by atoms with E-state index >= 15 is 0 Å². The lowest BCUT2D eigenvalue weighted by molar-refractivity contribution is 0.488. The van der Waals surface area contributed by atoms with Crippen molar-refractivity contribution < 1.29 is 4.74 Å². The largest absolute Gasteiger partial charge is 0.458 e. The minimum Gasteiger partial charge on any atom is -0.458 e. The van der Waals surface area contributed by atoms with Gasteiger partial charge in [-0.25, -0.2) is 0 Å². The van der Waals surface area contributed by atoms with E-state index in [1.54, 1.807) is 0 Å². The Labute approximate surface area is 386 Å². The van der Waals surface area contributed by atoms with E-state index < -0.39 is 8.07 Å². The van der Waals surface area contributed by atoms with Gasteiger partial charge in [-0.15, -0.1) is 12.6 Å². The Hall–Kier alpha value is -7.57. The number of para-hydroxylation sites is 3. The minimum absolute atomic E-state index is 0.815. The van der Waals surface area contributed by atoms with Crippen LogP contribution in [0.5, 0.6) is 11.5 Å². The molecule has 1 radical (unpaired) electrons. The minimum atomic E-state index is -2.83. The van der Waals surface area contributed by atoms with Crippen molar-refractivity contribution in [1.82, 2.24) is 4.57 Å². The standard InChI is InChI=1S/C60H41BNOSSi/c64-58-34-18-13-30-50(58)51-38-42(46-26-10-15-31-53(46)62-54-32-16-11-28-48(54)49-29-12-17-33-55(49)62)40-57-60(51)61-52-39-41(36-37-56(52)63-57)47-27-14-19-35-59(47)65(43-20-4-1-5-21-43,44-22-6-2-7-23-44)45-24-8-3-9-25-45/h1-40,64H. The molecular formula is C60H41BNOSSi. The molecule has 0 spiro atoms. The first kappa shape index (κ1) is 39.1. The molecule has 0 unspecified atom stereocenters. The van der Waals surface area contributed by atoms with Gasteiger partial charge < -0.3 is 9.30 Å². The fourth-order valence-electron chi connectivity index (χ4n) is 10.3. The van der Waals surface area contributed by atoms with Crippen LogP contribution in [0.4, 0.5) is 0 Å². The highest BCUT2D eigenvalue weighted by atomic mass is 32.1. The normalized spacial score (nSPS) is 12.0. The van der Waals surface area contributed by atoms with Crippen molar-refractivity contribution in [1.29, 1.82) is 0 Å². The molecule has 0 N–H and O–H groups in total. The monoisotopic (exact) mass is 862 g/mol. The van der Waals surface area contributed by atoms with E-state index in [1.165, 1.54) is 48.1 Å². The molecule has 0 saturated carbocycles. The summed E-state index contributed by atoms with van der Waals surface area (Å²) in [6.45, 7) is 0. The number of ether oxygens (including phenoxy) is 1. The number of hydrogen-bond acceptors (Lipinski definition) is 2. The maximum atomic E-state index is 7.05. The van der Waals surface area contributed by atoms with Gasteiger partial charge in [0.05, 0.1) is 16.7 Å². The summed E-state index contributed by atoms with van der Waals surface area (Å²) >= 11 is 5.04. The second-order valence-electron chi connectivity index (χ2n) is 16.7. The van der Waals surface area contributed by atoms with Crippen molar-refractivity contribution in [3.05, 3.63) is 243 Å². The molecule has 1 aliphatic heterocycles. The molecule has 2 heterocycles. The van der Waals surface area contributed by atoms with Gasteiger partial charge in [0.1, 0.15) is 11.5 Å². The average Bonchev–Trinajstić information content (AvgIpc) is 3.71. The fourth-order valence-corrected chi connectivity index (χ4v) is 15.6. The summed E-state index contributed by atoms with van der Waals surface area (Å²) in [5, 5.41) is 7.85. The first-order valence-electron chi connectivity index (χ1n) is 22.1. The average molecular weight is 863 g/mol. The van der Waals surface area contributed by atoms with E-state index in [0.29, 0.717) is 0 Å². The summed E-state index contributed by atoms with van der Waals surface area (Å²) in [6, 6.07) is 88.2. The molecule has 0 bridgehead atoms. The smallest absolute Gasteiger partial charge is 0.202 e. The van der Waals surface area contributed by atoms with Crippen LogP contribution >= 0.6 is 12.6 Å². The lowest BCUT2D eigenvalue weighted by atomic mass is 9.59. The van der Waals surface area contributed by atoms with Gasteiger partial charge in [-0.1, -0.05) is 200 Å². The van der Waals surface area contributed by atoms with E-state index in [4.69, 9.17) is 17.4 Å². The molecule has 1 aromatic heterocycles. The van der Waals surface area contributed by atoms with Crippen molar-refractivity contribution in [3.8, 4) is 50.6 Å². The van der Waals surface area contributed by atoms with Gasteiger partial charge in [0.2, 0.25) is 7.28 Å². The zero-order valence-electron chi connectivity index (χ0n) is 35.5. The van der Waals surface area contributed by atoms with Gasteiger partial charge in [0.25, 0.3) is 0 Å². The van der Waals surface area contributed by atoms with Gasteiger partial charge in [-0.05, 0) is 102 Å². The first-order chi connectivity index (χ1) is 32.2. The van der Waals surface area contributed by atoms with Crippen LogP contribution in [0.2, 0.25) is 0 Å². The molecule has 305 valence electrons. The second-order valence-corrected chi connectivity index (χ2v) is 21.0. The number of aromatic nitrogens is 1. The Morgan fingerprint density at radius 2 is 0.923 bits per heavy atom. The third-order valence-electron chi connectivity index (χ3n) is 13.2. The lowest BCUT2D eigenvalue weighted by Crippen LogP contribution is -2.75. The molecule has 65 heavy (non-hydrogen) atoms. The highest BCUT2D eigenvalue weighted by molar-refractivity contribution is 7.80. The van der Waals surface area contributed by atoms with E-state index in [0.717, 1.165) is 60.8 Å². The molecule has 0 saturated heterocycles. The maximum absolute atomic E-state index is 7.05. The summed E-state index contributed by atoms with van der Waals surface area (Å²) in [5.41, 5.74) is 12.2. The quantitative estimate of drug-likeness (QED) is 0.0913. The molecule has 12 rings (SSSR count). The SMILES string of the molecule is Sc1ccccc1-c1cc(-c2ccccc2-n2c3ccccc3c3ccccc32)cc2c1[B]c1cc(-c3ccccc3[Si](c3ccccc3)(c3ccccc3)c3ccccc3)ccc1O2. The van der Waals surface area contributed by atoms with Crippen LogP contribution in [0.25, 0.3) is 60.9 Å². The van der Waals surface area contributed by atoms with Crippen LogP contribution in [-0.4, -0.2) is 19.9 Å². The summed E-state index contributed by atoms with van der Waals surface area (Å²) in [4.78, 5) is 0.911. The number of nitrogens with zero attached hydrogens (tertiary/aromatic N) is 1. The van der Waals surface area contributed by atoms with Crippen molar-refractivity contribution in [2.24, 2.45) is 0 Å². The molecule has 0 aliphatic carbocycles. The van der Waals surface area contributed by atoms with Gasteiger partial charge in [0.15, 0.2) is 8.07 Å². The number of benzene rings is 10. The van der Waals surface area contributed by atoms with Crippen molar-refractivity contribution in [2.45, 2.75) is 4.90 Å². The van der Waals surface area contributed by atoms with Crippen LogP contribution in [0.1, 0.15) is 0 Å². The van der Waals surface area contributed by atoms with Crippen molar-refractivity contribution in [2.75, 3.05) is 0 Å². The number of thiol groups is 1. The summed E-state index contributed by atoms with van der Waals surface area (Å²) < 4.78 is 9.46. The third kappa shape index (κ3) is 6.50. The van der Waals surface area contributed by atoms with Gasteiger partial charge in [-0.2, -0.15) is 0 Å². The van der Waals surface area contributed by atoms with E-state index in [2.05, 4.69) is 248 Å². The Balaban J connectivity index is 1.02. The lowest BCUT2D eigenvalue weighted by Gasteiger charge is -2.36. The van der Waals surface area contributed by atoms with Crippen molar-refractivity contribution >= 4 is 81.5 Å². The Bertz CT molecular complexity index is 3420. The molecule has 11 aromatic rings. The molecule has 0 atom stereocenters. The highest BCUT2D eigenvalue weighted by Gasteiger charge is 2.43. The fraction of sp³-hybridized carbons (Fsp3) is 0. The van der Waals surface area contributed by atoms with Gasteiger partial charge >= 0.3 is 0 Å². The topological polar surface area (TPSA) is 14.2 Å². The van der Waals surface area contributed by atoms with Gasteiger partial charge in [0, 0.05) is 21.2 Å². The highest BCUT2D eigenvalue weighted by Crippen LogP contribution is 2.40. The van der Waals surface area contributed by atoms with Crippen LogP contribution < -0.4 is 36.4 Å². The number of rotatable bonds is 8. The Kier molecular flexibility index (Phi) is 9.74. The third-order valence-corrected chi connectivity index (χ3v) is 18.4. The van der Waals surface area contributed by atoms with Crippen LogP contribution in [-0.2, 0) is 0 Å². The van der Waals surface area contributed by atoms with Crippen LogP contribution in [0.3, 0.4) is 0 Å². The molecule has 2 nitrogen and oxygen atoms in total. The summed E-state index contributed by atoms with van der Waals surface area (Å²) in [5.74, 6) is 1.64. The first-order valence-corrected chi connectivity index (χ1v) is 24.6. The van der Waals surface area contributed by atoms with E-state index in [-0.39, 0.29) is 0 Å².